The third kappa shape index (κ3) is 6.44. The van der Waals surface area contributed by atoms with Gasteiger partial charge in [0.15, 0.2) is 16.1 Å². The van der Waals surface area contributed by atoms with Gasteiger partial charge in [0.1, 0.15) is 0 Å². The molecule has 0 radical (unpaired) electrons. The third-order valence-electron chi connectivity index (χ3n) is 16.3. The lowest BCUT2D eigenvalue weighted by Gasteiger charge is -2.37. The van der Waals surface area contributed by atoms with E-state index in [1.807, 2.05) is 11.3 Å². The molecule has 11 aromatic carbocycles. The first-order chi connectivity index (χ1) is 36.0. The molecule has 0 spiro atoms. The summed E-state index contributed by atoms with van der Waals surface area (Å²) in [5.41, 5.74) is 8.99. The summed E-state index contributed by atoms with van der Waals surface area (Å²) in [5, 5.41) is 16.2. The van der Waals surface area contributed by atoms with E-state index in [-0.39, 0.29) is 5.41 Å². The van der Waals surface area contributed by atoms with Gasteiger partial charge in [-0.1, -0.05) is 250 Å². The maximum Gasteiger partial charge on any atom is 0.181 e. The number of rotatable bonds is 9. The average Bonchev–Trinajstić information content (AvgIpc) is 4.08. The van der Waals surface area contributed by atoms with Gasteiger partial charge in [-0.15, -0.1) is 11.3 Å². The van der Waals surface area contributed by atoms with Crippen molar-refractivity contribution in [2.75, 3.05) is 0 Å². The second kappa shape index (κ2) is 17.0. The lowest BCUT2D eigenvalue weighted by molar-refractivity contribution is 0.661. The van der Waals surface area contributed by atoms with E-state index < -0.39 is 16.1 Å². The highest BCUT2D eigenvalue weighted by Gasteiger charge is 2.46. The minimum Gasteiger partial charge on any atom is -0.309 e. The molecule has 0 unspecified atom stereocenters. The molecule has 0 fully saturated rings. The fourth-order valence-electron chi connectivity index (χ4n) is 13.1. The van der Waals surface area contributed by atoms with E-state index in [4.69, 9.17) is 0 Å². The van der Waals surface area contributed by atoms with Crippen LogP contribution in [-0.4, -0.2) is 20.7 Å². The quantitative estimate of drug-likeness (QED) is 0.100. The van der Waals surface area contributed by atoms with Crippen LogP contribution < -0.4 is 41.5 Å². The Kier molecular flexibility index (Phi) is 10.2. The number of hydrogen-bond acceptors (Lipinski definition) is 1. The third-order valence-corrected chi connectivity index (χ3v) is 27.3. The molecule has 0 saturated heterocycles. The Morgan fingerprint density at radius 1 is 0.329 bits per heavy atom. The summed E-state index contributed by atoms with van der Waals surface area (Å²) < 4.78 is 5.25. The zero-order chi connectivity index (χ0) is 48.7. The number of benzene rings is 11. The Labute approximate surface area is 433 Å². The molecule has 1 aliphatic carbocycles. The number of para-hydroxylation sites is 1. The van der Waals surface area contributed by atoms with E-state index in [1.165, 1.54) is 111 Å². The fraction of sp³-hybridized carbons (Fsp3) is 0.0435. The minimum atomic E-state index is -3.04. The van der Waals surface area contributed by atoms with E-state index in [2.05, 4.69) is 291 Å². The van der Waals surface area contributed by atoms with Crippen LogP contribution >= 0.6 is 11.3 Å². The Morgan fingerprint density at radius 3 is 1.48 bits per heavy atom. The standard InChI is InChI=1S/C69H51NSSi2/c1-69(2)62-37-18-15-33-56(62)60-46-61-57-34-16-19-38-64(57)70(65(61)47-63(60)69)48-23-21-32-55(45-48)72(49-24-7-3-8-25-49,50-26-9-4-10-27-50)53-41-43-54(44-42-53)73(51-28-11-5-12-29-51,52-30-13-6-14-31-52)67-40-22-36-59-58-35-17-20-39-66(58)71-68(59)67/h3-47H,1-2H3. The highest BCUT2D eigenvalue weighted by atomic mass is 32.1. The van der Waals surface area contributed by atoms with Crippen LogP contribution in [0.15, 0.2) is 273 Å². The molecular formula is C69H51NSSi2. The molecule has 14 rings (SSSR count). The van der Waals surface area contributed by atoms with E-state index in [0.717, 1.165) is 0 Å². The molecule has 0 N–H and O–H groups in total. The van der Waals surface area contributed by atoms with Crippen molar-refractivity contribution < 1.29 is 0 Å². The summed E-state index contributed by atoms with van der Waals surface area (Å²) in [4.78, 5) is 0. The number of hydrogen-bond donors (Lipinski definition) is 0. The van der Waals surface area contributed by atoms with Crippen LogP contribution in [0.2, 0.25) is 0 Å². The molecular weight excluding hydrogens is 931 g/mol. The van der Waals surface area contributed by atoms with Crippen LogP contribution in [0.1, 0.15) is 25.0 Å². The lowest BCUT2D eigenvalue weighted by atomic mass is 9.82. The molecule has 2 heterocycles. The Hall–Kier alpha value is -8.13. The van der Waals surface area contributed by atoms with Crippen LogP contribution in [0.25, 0.3) is 58.8 Å². The second-order valence-corrected chi connectivity index (χ2v) is 28.9. The van der Waals surface area contributed by atoms with Gasteiger partial charge in [-0.25, -0.2) is 0 Å². The van der Waals surface area contributed by atoms with Crippen LogP contribution in [-0.2, 0) is 5.41 Å². The predicted octanol–water partition coefficient (Wildman–Crippen LogP) is 12.2. The van der Waals surface area contributed by atoms with Gasteiger partial charge in [-0.05, 0) is 100 Å². The van der Waals surface area contributed by atoms with Crippen molar-refractivity contribution in [3.8, 4) is 16.8 Å². The summed E-state index contributed by atoms with van der Waals surface area (Å²) in [6, 6.07) is 104. The predicted molar refractivity (Wildman–Crippen MR) is 318 cm³/mol. The maximum atomic E-state index is 2.54. The second-order valence-electron chi connectivity index (χ2n) is 20.3. The molecule has 2 aromatic heterocycles. The fourth-order valence-corrected chi connectivity index (χ4v) is 24.4. The molecule has 1 aliphatic rings. The summed E-state index contributed by atoms with van der Waals surface area (Å²) in [5.74, 6) is 0. The first-order valence-electron chi connectivity index (χ1n) is 25.5. The number of aromatic nitrogens is 1. The number of thiophene rings is 1. The topological polar surface area (TPSA) is 4.93 Å². The zero-order valence-corrected chi connectivity index (χ0v) is 43.7. The summed E-state index contributed by atoms with van der Waals surface area (Å²) >= 11 is 1.94. The maximum absolute atomic E-state index is 3.04. The first-order valence-corrected chi connectivity index (χ1v) is 30.3. The first kappa shape index (κ1) is 43.6. The Bertz CT molecular complexity index is 4140. The molecule has 0 aliphatic heterocycles. The summed E-state index contributed by atoms with van der Waals surface area (Å²) in [7, 11) is -6.00. The van der Waals surface area contributed by atoms with Gasteiger partial charge in [-0.3, -0.25) is 0 Å². The van der Waals surface area contributed by atoms with Crippen molar-refractivity contribution in [3.05, 3.63) is 284 Å². The monoisotopic (exact) mass is 981 g/mol. The minimum absolute atomic E-state index is 0.121. The summed E-state index contributed by atoms with van der Waals surface area (Å²) in [6.07, 6.45) is 0. The van der Waals surface area contributed by atoms with E-state index in [0.29, 0.717) is 0 Å². The van der Waals surface area contributed by atoms with Gasteiger partial charge in [-0.2, -0.15) is 0 Å². The lowest BCUT2D eigenvalue weighted by Crippen LogP contribution is -2.76. The normalized spacial score (nSPS) is 13.2. The number of nitrogens with zero attached hydrogens (tertiary/aromatic N) is 1. The summed E-state index contributed by atoms with van der Waals surface area (Å²) in [6.45, 7) is 4.78. The van der Waals surface area contributed by atoms with Crippen molar-refractivity contribution in [3.63, 3.8) is 0 Å². The van der Waals surface area contributed by atoms with E-state index in [1.54, 1.807) is 0 Å². The Morgan fingerprint density at radius 2 is 0.822 bits per heavy atom. The van der Waals surface area contributed by atoms with Crippen molar-refractivity contribution in [1.29, 1.82) is 0 Å². The van der Waals surface area contributed by atoms with Crippen LogP contribution in [0, 0.1) is 0 Å². The number of fused-ring (bicyclic) bond motifs is 9. The smallest absolute Gasteiger partial charge is 0.181 e. The highest BCUT2D eigenvalue weighted by molar-refractivity contribution is 7.30. The van der Waals surface area contributed by atoms with Crippen molar-refractivity contribution in [1.82, 2.24) is 4.57 Å². The van der Waals surface area contributed by atoms with Gasteiger partial charge in [0, 0.05) is 42.0 Å². The molecule has 346 valence electrons. The van der Waals surface area contributed by atoms with Gasteiger partial charge < -0.3 is 4.57 Å². The molecule has 0 amide bonds. The molecule has 0 bridgehead atoms. The van der Waals surface area contributed by atoms with Gasteiger partial charge in [0.05, 0.1) is 11.0 Å². The average molecular weight is 982 g/mol. The van der Waals surface area contributed by atoms with Crippen LogP contribution in [0.3, 0.4) is 0 Å². The van der Waals surface area contributed by atoms with Crippen molar-refractivity contribution >= 4 is 111 Å². The molecule has 4 heteroatoms. The SMILES string of the molecule is CC1(C)c2ccccc2-c2cc3c4ccccc4n(-c4cccc([Si](c5ccccc5)(c5ccccc5)c5ccc([Si](c6ccccc6)(c6ccccc6)c6cccc7c6sc6ccccc67)cc5)c4)c3cc21. The van der Waals surface area contributed by atoms with Crippen LogP contribution in [0.4, 0.5) is 0 Å². The molecule has 73 heavy (non-hydrogen) atoms. The van der Waals surface area contributed by atoms with Gasteiger partial charge >= 0.3 is 0 Å². The zero-order valence-electron chi connectivity index (χ0n) is 40.8. The highest BCUT2D eigenvalue weighted by Crippen LogP contribution is 2.51. The Balaban J connectivity index is 1.02. The molecule has 0 atom stereocenters. The largest absolute Gasteiger partial charge is 0.309 e. The molecule has 1 nitrogen and oxygen atoms in total. The molecule has 13 aromatic rings. The van der Waals surface area contributed by atoms with Gasteiger partial charge in [0.25, 0.3) is 0 Å². The van der Waals surface area contributed by atoms with E-state index >= 15 is 0 Å². The van der Waals surface area contributed by atoms with Crippen molar-refractivity contribution in [2.45, 2.75) is 19.3 Å². The van der Waals surface area contributed by atoms with E-state index in [9.17, 15) is 0 Å². The molecule has 0 saturated carbocycles. The van der Waals surface area contributed by atoms with Crippen molar-refractivity contribution in [2.24, 2.45) is 0 Å². The van der Waals surface area contributed by atoms with Gasteiger partial charge in [0.2, 0.25) is 0 Å². The van der Waals surface area contributed by atoms with Crippen LogP contribution in [0.5, 0.6) is 0 Å².